The first kappa shape index (κ1) is 44.0. The number of benzene rings is 12. The lowest BCUT2D eigenvalue weighted by Crippen LogP contribution is -2.29. The van der Waals surface area contributed by atoms with Crippen molar-refractivity contribution in [1.82, 2.24) is 0 Å². The number of rotatable bonds is 10. The minimum absolute atomic E-state index is 0.597. The van der Waals surface area contributed by atoms with Crippen LogP contribution < -0.4 is 4.90 Å². The van der Waals surface area contributed by atoms with E-state index in [0.717, 1.165) is 61.3 Å². The highest BCUT2D eigenvalue weighted by Crippen LogP contribution is 2.57. The molecule has 0 fully saturated rings. The van der Waals surface area contributed by atoms with Gasteiger partial charge >= 0.3 is 0 Å². The standard InChI is InChI=1S/C73H49NO/c1-4-18-50(19-5-1)52-40-43-61(44-41-52)74(62-28-15-25-57(47-62)53-36-38-54(39-37-53)58-42-45-70-67(48-58)72-64(32-17-35-71(72)75-70)55-22-8-3-9-23-55)63-29-16-27-60(49-63)73(59-26-14-24-56(46-59)51-20-6-2-7-21-51)68-33-12-10-30-65(68)66-31-11-13-34-69(66)73/h1-49H. The van der Waals surface area contributed by atoms with Crippen molar-refractivity contribution in [2.75, 3.05) is 4.90 Å². The Bertz CT molecular complexity index is 4170. The molecule has 0 saturated carbocycles. The lowest BCUT2D eigenvalue weighted by molar-refractivity contribution is 0.669. The van der Waals surface area contributed by atoms with Crippen LogP contribution in [-0.4, -0.2) is 0 Å². The smallest absolute Gasteiger partial charge is 0.136 e. The molecule has 0 unspecified atom stereocenters. The van der Waals surface area contributed by atoms with E-state index in [2.05, 4.69) is 302 Å². The molecule has 0 atom stereocenters. The van der Waals surface area contributed by atoms with E-state index >= 15 is 0 Å². The van der Waals surface area contributed by atoms with Crippen molar-refractivity contribution in [1.29, 1.82) is 0 Å². The molecule has 352 valence electrons. The van der Waals surface area contributed by atoms with E-state index < -0.39 is 5.41 Å². The molecule has 75 heavy (non-hydrogen) atoms. The molecule has 1 aliphatic carbocycles. The fourth-order valence-electron chi connectivity index (χ4n) is 11.9. The molecule has 0 saturated heterocycles. The first-order valence-electron chi connectivity index (χ1n) is 25.8. The Morgan fingerprint density at radius 2 is 0.680 bits per heavy atom. The first-order chi connectivity index (χ1) is 37.2. The highest BCUT2D eigenvalue weighted by molar-refractivity contribution is 6.13. The van der Waals surface area contributed by atoms with Crippen molar-refractivity contribution in [3.63, 3.8) is 0 Å². The van der Waals surface area contributed by atoms with Gasteiger partial charge in [0, 0.05) is 27.8 Å². The van der Waals surface area contributed by atoms with Gasteiger partial charge in [0.15, 0.2) is 0 Å². The largest absolute Gasteiger partial charge is 0.456 e. The lowest BCUT2D eigenvalue weighted by atomic mass is 9.67. The molecule has 2 nitrogen and oxygen atoms in total. The van der Waals surface area contributed by atoms with Crippen LogP contribution in [0, 0.1) is 0 Å². The molecule has 1 aliphatic rings. The Kier molecular flexibility index (Phi) is 10.8. The van der Waals surface area contributed by atoms with Crippen LogP contribution in [0.25, 0.3) is 88.7 Å². The van der Waals surface area contributed by atoms with Crippen LogP contribution in [0.5, 0.6) is 0 Å². The highest BCUT2D eigenvalue weighted by atomic mass is 16.3. The van der Waals surface area contributed by atoms with Gasteiger partial charge in [0.25, 0.3) is 0 Å². The third-order valence-corrected chi connectivity index (χ3v) is 15.4. The van der Waals surface area contributed by atoms with Gasteiger partial charge in [-0.25, -0.2) is 0 Å². The topological polar surface area (TPSA) is 16.4 Å². The maximum Gasteiger partial charge on any atom is 0.136 e. The van der Waals surface area contributed by atoms with Crippen molar-refractivity contribution in [2.24, 2.45) is 0 Å². The SMILES string of the molecule is c1ccc(-c2ccc(N(c3cccc(-c4ccc(-c5ccc6oc7cccc(-c8ccccc8)c7c6c5)cc4)c3)c3cccc(C4(c5cccc(-c6ccccc6)c5)c5ccccc5-c5ccccc54)c3)cc2)cc1. The monoisotopic (exact) mass is 955 g/mol. The molecule has 0 spiro atoms. The molecule has 1 aromatic heterocycles. The molecule has 2 heteroatoms. The fourth-order valence-corrected chi connectivity index (χ4v) is 11.9. The van der Waals surface area contributed by atoms with Crippen LogP contribution in [0.4, 0.5) is 17.1 Å². The Hall–Kier alpha value is -9.76. The highest BCUT2D eigenvalue weighted by Gasteiger charge is 2.46. The van der Waals surface area contributed by atoms with Crippen LogP contribution in [0.1, 0.15) is 22.3 Å². The molecule has 0 N–H and O–H groups in total. The second-order valence-corrected chi connectivity index (χ2v) is 19.6. The molecule has 12 aromatic carbocycles. The number of hydrogen-bond acceptors (Lipinski definition) is 2. The summed E-state index contributed by atoms with van der Waals surface area (Å²) in [5, 5.41) is 2.26. The van der Waals surface area contributed by atoms with E-state index in [1.165, 1.54) is 66.8 Å². The first-order valence-corrected chi connectivity index (χ1v) is 25.8. The number of anilines is 3. The second kappa shape index (κ2) is 18.4. The van der Waals surface area contributed by atoms with Gasteiger partial charge < -0.3 is 9.32 Å². The average Bonchev–Trinajstić information content (AvgIpc) is 4.13. The Morgan fingerprint density at radius 3 is 1.33 bits per heavy atom. The van der Waals surface area contributed by atoms with Crippen LogP contribution in [0.3, 0.4) is 0 Å². The van der Waals surface area contributed by atoms with E-state index in [1.807, 2.05) is 0 Å². The van der Waals surface area contributed by atoms with E-state index in [1.54, 1.807) is 0 Å². The average molecular weight is 956 g/mol. The van der Waals surface area contributed by atoms with Crippen LogP contribution in [-0.2, 0) is 5.41 Å². The summed E-state index contributed by atoms with van der Waals surface area (Å²) in [6, 6.07) is 108. The Labute approximate surface area is 437 Å². The summed E-state index contributed by atoms with van der Waals surface area (Å²) in [5.74, 6) is 0. The maximum absolute atomic E-state index is 6.40. The normalized spacial score (nSPS) is 12.4. The predicted octanol–water partition coefficient (Wildman–Crippen LogP) is 19.8. The molecule has 0 amide bonds. The third kappa shape index (κ3) is 7.58. The second-order valence-electron chi connectivity index (χ2n) is 19.6. The molecule has 0 aliphatic heterocycles. The Balaban J connectivity index is 0.889. The van der Waals surface area contributed by atoms with Crippen molar-refractivity contribution in [2.45, 2.75) is 5.41 Å². The third-order valence-electron chi connectivity index (χ3n) is 15.4. The van der Waals surface area contributed by atoms with Gasteiger partial charge in [0.1, 0.15) is 11.2 Å². The number of nitrogens with zero attached hydrogens (tertiary/aromatic N) is 1. The summed E-state index contributed by atoms with van der Waals surface area (Å²) in [4.78, 5) is 2.42. The lowest BCUT2D eigenvalue weighted by Gasteiger charge is -2.35. The molecular formula is C73H49NO. The molecular weight excluding hydrogens is 907 g/mol. The van der Waals surface area contributed by atoms with Crippen molar-refractivity contribution in [3.8, 4) is 66.8 Å². The molecule has 13 aromatic rings. The molecule has 0 bridgehead atoms. The van der Waals surface area contributed by atoms with Gasteiger partial charge in [-0.3, -0.25) is 0 Å². The van der Waals surface area contributed by atoms with Crippen molar-refractivity contribution in [3.05, 3.63) is 320 Å². The fraction of sp³-hybridized carbons (Fsp3) is 0.0137. The van der Waals surface area contributed by atoms with Crippen molar-refractivity contribution >= 4 is 39.0 Å². The molecule has 0 radical (unpaired) electrons. The van der Waals surface area contributed by atoms with Crippen molar-refractivity contribution < 1.29 is 4.42 Å². The number of furan rings is 1. The van der Waals surface area contributed by atoms with Crippen LogP contribution in [0.2, 0.25) is 0 Å². The summed E-state index contributed by atoms with van der Waals surface area (Å²) in [6.45, 7) is 0. The van der Waals surface area contributed by atoms with Gasteiger partial charge in [-0.15, -0.1) is 0 Å². The maximum atomic E-state index is 6.40. The van der Waals surface area contributed by atoms with Gasteiger partial charge in [-0.2, -0.15) is 0 Å². The molecule has 1 heterocycles. The number of fused-ring (bicyclic) bond motifs is 6. The summed E-state index contributed by atoms with van der Waals surface area (Å²) >= 11 is 0. The zero-order chi connectivity index (χ0) is 49.7. The van der Waals surface area contributed by atoms with Gasteiger partial charge in [-0.1, -0.05) is 237 Å². The Morgan fingerprint density at radius 1 is 0.253 bits per heavy atom. The summed E-state index contributed by atoms with van der Waals surface area (Å²) in [6.07, 6.45) is 0. The predicted molar refractivity (Wildman–Crippen MR) is 313 cm³/mol. The number of hydrogen-bond donors (Lipinski definition) is 0. The van der Waals surface area contributed by atoms with E-state index in [9.17, 15) is 0 Å². The zero-order valence-electron chi connectivity index (χ0n) is 41.1. The van der Waals surface area contributed by atoms with E-state index in [4.69, 9.17) is 4.42 Å². The summed E-state index contributed by atoms with van der Waals surface area (Å²) < 4.78 is 6.40. The quantitative estimate of drug-likeness (QED) is 0.136. The van der Waals surface area contributed by atoms with Crippen LogP contribution in [0.15, 0.2) is 302 Å². The van der Waals surface area contributed by atoms with Gasteiger partial charge in [0.2, 0.25) is 0 Å². The minimum Gasteiger partial charge on any atom is -0.456 e. The summed E-state index contributed by atoms with van der Waals surface area (Å²) in [5.41, 5.74) is 23.6. The van der Waals surface area contributed by atoms with E-state index in [0.29, 0.717) is 0 Å². The van der Waals surface area contributed by atoms with E-state index in [-0.39, 0.29) is 0 Å². The van der Waals surface area contributed by atoms with Gasteiger partial charge in [-0.05, 0) is 150 Å². The minimum atomic E-state index is -0.597. The molecule has 14 rings (SSSR count). The van der Waals surface area contributed by atoms with Crippen LogP contribution >= 0.6 is 0 Å². The summed E-state index contributed by atoms with van der Waals surface area (Å²) in [7, 11) is 0. The van der Waals surface area contributed by atoms with Gasteiger partial charge in [0.05, 0.1) is 5.41 Å². The zero-order valence-corrected chi connectivity index (χ0v) is 41.1.